The van der Waals surface area contributed by atoms with Gasteiger partial charge in [-0.15, -0.1) is 11.8 Å². The van der Waals surface area contributed by atoms with E-state index in [4.69, 9.17) is 4.74 Å². The first-order chi connectivity index (χ1) is 11.7. The average Bonchev–Trinajstić information content (AvgIpc) is 2.60. The van der Waals surface area contributed by atoms with Crippen LogP contribution in [0, 0.1) is 0 Å². The molecule has 1 aromatic carbocycles. The number of rotatable bonds is 8. The van der Waals surface area contributed by atoms with Gasteiger partial charge in [0.15, 0.2) is 0 Å². The van der Waals surface area contributed by atoms with Gasteiger partial charge in [0, 0.05) is 37.6 Å². The molecule has 1 aliphatic rings. The number of piperazine rings is 1. The van der Waals surface area contributed by atoms with E-state index in [0.29, 0.717) is 13.2 Å². The second-order valence-corrected chi connectivity index (χ2v) is 7.04. The zero-order valence-corrected chi connectivity index (χ0v) is 15.6. The average molecular weight is 352 g/mol. The molecule has 1 aliphatic heterocycles. The van der Waals surface area contributed by atoms with Crippen molar-refractivity contribution in [3.63, 3.8) is 0 Å². The molecule has 6 heteroatoms. The summed E-state index contributed by atoms with van der Waals surface area (Å²) in [6.45, 7) is 10.4. The number of nitrogens with zero attached hydrogens (tertiary/aromatic N) is 2. The van der Waals surface area contributed by atoms with Crippen molar-refractivity contribution in [2.24, 2.45) is 0 Å². The van der Waals surface area contributed by atoms with Gasteiger partial charge in [0.25, 0.3) is 0 Å². The summed E-state index contributed by atoms with van der Waals surface area (Å²) >= 11 is 1.91. The zero-order valence-electron chi connectivity index (χ0n) is 14.8. The van der Waals surface area contributed by atoms with Crippen LogP contribution in [0.15, 0.2) is 29.2 Å². The highest BCUT2D eigenvalue weighted by Crippen LogP contribution is 2.30. The number of carbonyl (C=O) groups excluding carboxylic acids is 1. The Morgan fingerprint density at radius 1 is 1.21 bits per heavy atom. The smallest absolute Gasteiger partial charge is 0.407 e. The normalized spacial score (nSPS) is 15.3. The highest BCUT2D eigenvalue weighted by Gasteiger charge is 2.18. The molecule has 0 saturated carbocycles. The second-order valence-electron chi connectivity index (χ2n) is 5.73. The maximum Gasteiger partial charge on any atom is 0.407 e. The fourth-order valence-corrected chi connectivity index (χ4v) is 3.71. The summed E-state index contributed by atoms with van der Waals surface area (Å²) in [5.74, 6) is 1.10. The van der Waals surface area contributed by atoms with Crippen molar-refractivity contribution < 1.29 is 9.53 Å². The summed E-state index contributed by atoms with van der Waals surface area (Å²) < 4.78 is 4.86. The van der Waals surface area contributed by atoms with E-state index in [9.17, 15) is 4.79 Å². The molecule has 1 fully saturated rings. The summed E-state index contributed by atoms with van der Waals surface area (Å²) in [4.78, 5) is 17.6. The van der Waals surface area contributed by atoms with Gasteiger partial charge in [0.1, 0.15) is 0 Å². The number of hydrogen-bond acceptors (Lipinski definition) is 5. The second kappa shape index (κ2) is 10.5. The molecule has 134 valence electrons. The van der Waals surface area contributed by atoms with Crippen LogP contribution in [0.4, 0.5) is 10.5 Å². The van der Waals surface area contributed by atoms with Gasteiger partial charge in [-0.2, -0.15) is 0 Å². The number of hydrogen-bond donors (Lipinski definition) is 1. The maximum absolute atomic E-state index is 11.2. The van der Waals surface area contributed by atoms with Crippen LogP contribution < -0.4 is 10.2 Å². The summed E-state index contributed by atoms with van der Waals surface area (Å²) in [6.07, 6.45) is 0.647. The predicted molar refractivity (Wildman–Crippen MR) is 101 cm³/mol. The summed E-state index contributed by atoms with van der Waals surface area (Å²) in [5.41, 5.74) is 1.37. The molecule has 0 aliphatic carbocycles. The minimum atomic E-state index is -0.313. The van der Waals surface area contributed by atoms with Crippen molar-refractivity contribution in [3.05, 3.63) is 24.3 Å². The van der Waals surface area contributed by atoms with Crippen LogP contribution >= 0.6 is 11.8 Å². The number of alkyl carbamates (subject to hydrolysis) is 1. The number of anilines is 1. The van der Waals surface area contributed by atoms with Crippen LogP contribution in [-0.2, 0) is 4.74 Å². The van der Waals surface area contributed by atoms with Crippen LogP contribution in [0.2, 0.25) is 0 Å². The Morgan fingerprint density at radius 2 is 1.96 bits per heavy atom. The third-order valence-electron chi connectivity index (χ3n) is 4.07. The Balaban J connectivity index is 1.71. The van der Waals surface area contributed by atoms with Crippen LogP contribution in [0.3, 0.4) is 0 Å². The predicted octanol–water partition coefficient (Wildman–Crippen LogP) is 3.06. The molecule has 0 spiro atoms. The minimum absolute atomic E-state index is 0.313. The van der Waals surface area contributed by atoms with Gasteiger partial charge in [0.2, 0.25) is 0 Å². The maximum atomic E-state index is 11.2. The van der Waals surface area contributed by atoms with E-state index in [1.165, 1.54) is 10.6 Å². The molecule has 24 heavy (non-hydrogen) atoms. The number of amides is 1. The van der Waals surface area contributed by atoms with E-state index in [1.807, 2.05) is 18.7 Å². The van der Waals surface area contributed by atoms with Gasteiger partial charge in [0.05, 0.1) is 12.3 Å². The lowest BCUT2D eigenvalue weighted by atomic mass is 10.2. The Kier molecular flexibility index (Phi) is 8.25. The van der Waals surface area contributed by atoms with E-state index in [1.54, 1.807) is 0 Å². The molecule has 0 bridgehead atoms. The molecule has 1 N–H and O–H groups in total. The first-order valence-electron chi connectivity index (χ1n) is 8.84. The van der Waals surface area contributed by atoms with Crippen molar-refractivity contribution >= 4 is 23.5 Å². The van der Waals surface area contributed by atoms with Gasteiger partial charge in [-0.05, 0) is 37.8 Å². The minimum Gasteiger partial charge on any atom is -0.450 e. The number of benzene rings is 1. The van der Waals surface area contributed by atoms with Crippen LogP contribution in [0.1, 0.15) is 20.3 Å². The molecule has 1 heterocycles. The molecule has 0 radical (unpaired) electrons. The number of carbonyl (C=O) groups is 1. The standard InChI is InChI=1S/C18H29N3O2S/c1-3-23-18(22)19-10-7-11-20-12-14-21(15-13-20)16-8-5-6-9-17(16)24-4-2/h5-6,8-9H,3-4,7,10-15H2,1-2H3,(H,19,22). The number of ether oxygens (including phenoxy) is 1. The van der Waals surface area contributed by atoms with E-state index < -0.39 is 0 Å². The van der Waals surface area contributed by atoms with Crippen LogP contribution in [0.25, 0.3) is 0 Å². The highest BCUT2D eigenvalue weighted by molar-refractivity contribution is 7.99. The van der Waals surface area contributed by atoms with E-state index >= 15 is 0 Å². The lowest BCUT2D eigenvalue weighted by Gasteiger charge is -2.37. The number of thioether (sulfide) groups is 1. The molecule has 5 nitrogen and oxygen atoms in total. The van der Waals surface area contributed by atoms with E-state index in [-0.39, 0.29) is 6.09 Å². The molecular formula is C18H29N3O2S. The topological polar surface area (TPSA) is 44.8 Å². The van der Waals surface area contributed by atoms with Gasteiger partial charge >= 0.3 is 6.09 Å². The number of para-hydroxylation sites is 1. The molecule has 1 amide bonds. The van der Waals surface area contributed by atoms with Crippen LogP contribution in [-0.4, -0.2) is 62.6 Å². The Hall–Kier alpha value is -1.40. The van der Waals surface area contributed by atoms with Gasteiger partial charge in [-0.25, -0.2) is 4.79 Å². The zero-order chi connectivity index (χ0) is 17.2. The highest BCUT2D eigenvalue weighted by atomic mass is 32.2. The first-order valence-corrected chi connectivity index (χ1v) is 9.83. The lowest BCUT2D eigenvalue weighted by molar-refractivity contribution is 0.151. The molecule has 0 aromatic heterocycles. The largest absolute Gasteiger partial charge is 0.450 e. The van der Waals surface area contributed by atoms with Crippen molar-refractivity contribution in [2.45, 2.75) is 25.2 Å². The number of nitrogens with one attached hydrogen (secondary N) is 1. The van der Waals surface area contributed by atoms with Crippen LogP contribution in [0.5, 0.6) is 0 Å². The Morgan fingerprint density at radius 3 is 2.67 bits per heavy atom. The van der Waals surface area contributed by atoms with Gasteiger partial charge in [-0.1, -0.05) is 19.1 Å². The summed E-state index contributed by atoms with van der Waals surface area (Å²) in [6, 6.07) is 8.70. The molecule has 2 rings (SSSR count). The van der Waals surface area contributed by atoms with E-state index in [2.05, 4.69) is 46.3 Å². The van der Waals surface area contributed by atoms with Crippen molar-refractivity contribution in [2.75, 3.05) is 56.5 Å². The fraction of sp³-hybridized carbons (Fsp3) is 0.611. The molecule has 1 aromatic rings. The Bertz CT molecular complexity index is 505. The van der Waals surface area contributed by atoms with Gasteiger partial charge < -0.3 is 15.0 Å². The van der Waals surface area contributed by atoms with Crippen molar-refractivity contribution in [1.82, 2.24) is 10.2 Å². The van der Waals surface area contributed by atoms with Gasteiger partial charge in [-0.3, -0.25) is 4.90 Å². The third kappa shape index (κ3) is 5.91. The first kappa shape index (κ1) is 18.9. The molecular weight excluding hydrogens is 322 g/mol. The van der Waals surface area contributed by atoms with Crippen molar-refractivity contribution in [3.8, 4) is 0 Å². The Labute approximate surface area is 149 Å². The summed E-state index contributed by atoms with van der Waals surface area (Å²) in [5, 5.41) is 2.78. The SMILES string of the molecule is CCOC(=O)NCCCN1CCN(c2ccccc2SCC)CC1. The quantitative estimate of drug-likeness (QED) is 0.576. The van der Waals surface area contributed by atoms with E-state index in [0.717, 1.165) is 44.9 Å². The molecule has 0 atom stereocenters. The lowest BCUT2D eigenvalue weighted by Crippen LogP contribution is -2.47. The molecule has 1 saturated heterocycles. The third-order valence-corrected chi connectivity index (χ3v) is 5.02. The monoisotopic (exact) mass is 351 g/mol. The molecule has 0 unspecified atom stereocenters. The summed E-state index contributed by atoms with van der Waals surface area (Å²) in [7, 11) is 0. The van der Waals surface area contributed by atoms with Crippen molar-refractivity contribution in [1.29, 1.82) is 0 Å². The fourth-order valence-electron chi connectivity index (χ4n) is 2.88.